The van der Waals surface area contributed by atoms with Crippen molar-refractivity contribution in [3.63, 3.8) is 0 Å². The van der Waals surface area contributed by atoms with Gasteiger partial charge in [-0.1, -0.05) is 53.7 Å². The van der Waals surface area contributed by atoms with Gasteiger partial charge in [0.15, 0.2) is 11.0 Å². The average molecular weight is 485 g/mol. The van der Waals surface area contributed by atoms with Crippen molar-refractivity contribution in [2.24, 2.45) is 0 Å². The van der Waals surface area contributed by atoms with Gasteiger partial charge in [0, 0.05) is 5.69 Å². The Morgan fingerprint density at radius 1 is 1.03 bits per heavy atom. The van der Waals surface area contributed by atoms with Crippen LogP contribution in [-0.2, 0) is 11.3 Å². The highest BCUT2D eigenvalue weighted by molar-refractivity contribution is 7.99. The quantitative estimate of drug-likeness (QED) is 0.314. The van der Waals surface area contributed by atoms with Crippen molar-refractivity contribution in [3.8, 4) is 22.8 Å². The van der Waals surface area contributed by atoms with E-state index in [0.717, 1.165) is 27.8 Å². The summed E-state index contributed by atoms with van der Waals surface area (Å²) >= 11 is 1.33. The summed E-state index contributed by atoms with van der Waals surface area (Å²) in [5, 5.41) is 12.4. The number of H-pyrrole nitrogens is 1. The molecular formula is C26H24N6O2S. The van der Waals surface area contributed by atoms with Crippen LogP contribution in [0.25, 0.3) is 28.1 Å². The van der Waals surface area contributed by atoms with Crippen LogP contribution in [0, 0.1) is 6.92 Å². The Bertz CT molecular complexity index is 1440. The van der Waals surface area contributed by atoms with Crippen molar-refractivity contribution < 1.29 is 9.53 Å². The van der Waals surface area contributed by atoms with Crippen molar-refractivity contribution in [3.05, 3.63) is 84.2 Å². The molecule has 0 aliphatic rings. The zero-order valence-corrected chi connectivity index (χ0v) is 20.2. The average Bonchev–Trinajstić information content (AvgIpc) is 3.50. The van der Waals surface area contributed by atoms with E-state index in [1.54, 1.807) is 7.11 Å². The molecule has 2 aromatic heterocycles. The van der Waals surface area contributed by atoms with Gasteiger partial charge in [0.1, 0.15) is 11.6 Å². The van der Waals surface area contributed by atoms with Gasteiger partial charge in [-0.05, 0) is 43.3 Å². The predicted molar refractivity (Wildman–Crippen MR) is 137 cm³/mol. The zero-order valence-electron chi connectivity index (χ0n) is 19.4. The number of ether oxygens (including phenoxy) is 1. The van der Waals surface area contributed by atoms with E-state index in [9.17, 15) is 4.79 Å². The van der Waals surface area contributed by atoms with Crippen LogP contribution in [0.3, 0.4) is 0 Å². The first-order chi connectivity index (χ1) is 17.1. The molecule has 0 spiro atoms. The Kier molecular flexibility index (Phi) is 6.49. The summed E-state index contributed by atoms with van der Waals surface area (Å²) in [4.78, 5) is 20.3. The summed E-state index contributed by atoms with van der Waals surface area (Å²) < 4.78 is 7.50. The van der Waals surface area contributed by atoms with Crippen molar-refractivity contribution in [2.45, 2.75) is 18.6 Å². The number of nitrogens with zero attached hydrogens (tertiary/aromatic N) is 4. The number of imidazole rings is 1. The number of carbonyl (C=O) groups is 1. The monoisotopic (exact) mass is 484 g/mol. The number of aromatic nitrogens is 5. The Balaban J connectivity index is 1.35. The van der Waals surface area contributed by atoms with Gasteiger partial charge >= 0.3 is 0 Å². The summed E-state index contributed by atoms with van der Waals surface area (Å²) in [5.41, 5.74) is 4.71. The molecule has 2 N–H and O–H groups in total. The van der Waals surface area contributed by atoms with Gasteiger partial charge in [-0.2, -0.15) is 0 Å². The summed E-state index contributed by atoms with van der Waals surface area (Å²) in [5.74, 6) is 2.14. The molecule has 0 aliphatic carbocycles. The van der Waals surface area contributed by atoms with Crippen molar-refractivity contribution in [2.75, 3.05) is 12.9 Å². The molecule has 5 aromatic rings. The predicted octanol–water partition coefficient (Wildman–Crippen LogP) is 4.54. The van der Waals surface area contributed by atoms with E-state index in [4.69, 9.17) is 4.74 Å². The molecule has 8 nitrogen and oxygen atoms in total. The van der Waals surface area contributed by atoms with Crippen LogP contribution < -0.4 is 10.1 Å². The molecule has 0 atom stereocenters. The second-order valence-electron chi connectivity index (χ2n) is 7.94. The summed E-state index contributed by atoms with van der Waals surface area (Å²) in [6.07, 6.45) is 0. The molecule has 0 aliphatic heterocycles. The third-order valence-corrected chi connectivity index (χ3v) is 6.43. The molecule has 0 bridgehead atoms. The first-order valence-corrected chi connectivity index (χ1v) is 12.1. The lowest BCUT2D eigenvalue weighted by atomic mass is 10.1. The zero-order chi connectivity index (χ0) is 24.2. The van der Waals surface area contributed by atoms with Gasteiger partial charge < -0.3 is 15.0 Å². The number of aromatic amines is 1. The van der Waals surface area contributed by atoms with Crippen LogP contribution in [0.4, 0.5) is 0 Å². The van der Waals surface area contributed by atoms with Gasteiger partial charge in [0.2, 0.25) is 5.91 Å². The Hall–Kier alpha value is -4.11. The third-order valence-electron chi connectivity index (χ3n) is 5.50. The SMILES string of the molecule is COc1ccccc1-c1nnc(SCC(=O)NCc2nc3ccccc3[nH]2)n1-c1ccc(C)cc1. The molecule has 0 fully saturated rings. The lowest BCUT2D eigenvalue weighted by Crippen LogP contribution is -2.25. The number of hydrogen-bond donors (Lipinski definition) is 2. The first kappa shape index (κ1) is 22.7. The Morgan fingerprint density at radius 3 is 2.60 bits per heavy atom. The molecule has 35 heavy (non-hydrogen) atoms. The fourth-order valence-corrected chi connectivity index (χ4v) is 4.53. The van der Waals surface area contributed by atoms with E-state index in [-0.39, 0.29) is 11.7 Å². The maximum atomic E-state index is 12.6. The lowest BCUT2D eigenvalue weighted by Gasteiger charge is -2.12. The number of nitrogens with one attached hydrogen (secondary N) is 2. The Morgan fingerprint density at radius 2 is 1.80 bits per heavy atom. The smallest absolute Gasteiger partial charge is 0.230 e. The summed E-state index contributed by atoms with van der Waals surface area (Å²) in [7, 11) is 1.63. The number of methoxy groups -OCH3 is 1. The molecular weight excluding hydrogens is 460 g/mol. The minimum atomic E-state index is -0.118. The van der Waals surface area contributed by atoms with Crippen molar-refractivity contribution in [1.29, 1.82) is 0 Å². The third kappa shape index (κ3) is 4.90. The van der Waals surface area contributed by atoms with Crippen LogP contribution in [-0.4, -0.2) is 43.5 Å². The normalized spacial score (nSPS) is 11.0. The van der Waals surface area contributed by atoms with Gasteiger partial charge in [0.05, 0.1) is 36.0 Å². The number of amides is 1. The Labute approximate surface area is 206 Å². The fourth-order valence-electron chi connectivity index (χ4n) is 3.75. The van der Waals surface area contributed by atoms with E-state index in [2.05, 4.69) is 25.5 Å². The topological polar surface area (TPSA) is 97.7 Å². The number of benzene rings is 3. The minimum Gasteiger partial charge on any atom is -0.496 e. The second kappa shape index (κ2) is 10.0. The van der Waals surface area contributed by atoms with E-state index >= 15 is 0 Å². The van der Waals surface area contributed by atoms with Crippen LogP contribution >= 0.6 is 11.8 Å². The van der Waals surface area contributed by atoms with E-state index in [0.29, 0.717) is 29.1 Å². The van der Waals surface area contributed by atoms with Crippen molar-refractivity contribution in [1.82, 2.24) is 30.0 Å². The molecule has 3 aromatic carbocycles. The van der Waals surface area contributed by atoms with Gasteiger partial charge in [-0.25, -0.2) is 4.98 Å². The number of fused-ring (bicyclic) bond motifs is 1. The first-order valence-electron chi connectivity index (χ1n) is 11.1. The number of thioether (sulfide) groups is 1. The maximum Gasteiger partial charge on any atom is 0.230 e. The minimum absolute atomic E-state index is 0.118. The second-order valence-corrected chi connectivity index (χ2v) is 8.89. The van der Waals surface area contributed by atoms with Gasteiger partial charge in [0.25, 0.3) is 0 Å². The van der Waals surface area contributed by atoms with Gasteiger partial charge in [-0.15, -0.1) is 10.2 Å². The van der Waals surface area contributed by atoms with Gasteiger partial charge in [-0.3, -0.25) is 9.36 Å². The molecule has 5 rings (SSSR count). The number of aryl methyl sites for hydroxylation is 1. The number of hydrogen-bond acceptors (Lipinski definition) is 6. The molecule has 0 saturated carbocycles. The lowest BCUT2D eigenvalue weighted by molar-refractivity contribution is -0.118. The van der Waals surface area contributed by atoms with Crippen molar-refractivity contribution >= 4 is 28.7 Å². The molecule has 0 saturated heterocycles. The van der Waals surface area contributed by atoms with Crippen LogP contribution in [0.1, 0.15) is 11.4 Å². The maximum absolute atomic E-state index is 12.6. The van der Waals surface area contributed by atoms with E-state index in [1.165, 1.54) is 11.8 Å². The van der Waals surface area contributed by atoms with Crippen LogP contribution in [0.15, 0.2) is 78.0 Å². The number of para-hydroxylation sites is 3. The summed E-state index contributed by atoms with van der Waals surface area (Å²) in [6, 6.07) is 23.6. The molecule has 1 amide bonds. The highest BCUT2D eigenvalue weighted by Gasteiger charge is 2.19. The highest BCUT2D eigenvalue weighted by atomic mass is 32.2. The molecule has 0 radical (unpaired) electrons. The number of rotatable bonds is 8. The molecule has 0 unspecified atom stereocenters. The highest BCUT2D eigenvalue weighted by Crippen LogP contribution is 2.33. The number of carbonyl (C=O) groups excluding carboxylic acids is 1. The molecule has 2 heterocycles. The van der Waals surface area contributed by atoms with E-state index in [1.807, 2.05) is 84.3 Å². The molecule has 176 valence electrons. The largest absolute Gasteiger partial charge is 0.496 e. The van der Waals surface area contributed by atoms with Crippen LogP contribution in [0.2, 0.25) is 0 Å². The fraction of sp³-hybridized carbons (Fsp3) is 0.154. The summed E-state index contributed by atoms with van der Waals surface area (Å²) in [6.45, 7) is 2.37. The molecule has 9 heteroatoms. The van der Waals surface area contributed by atoms with Crippen LogP contribution in [0.5, 0.6) is 5.75 Å². The standard InChI is InChI=1S/C26H24N6O2S/c1-17-11-13-18(14-12-17)32-25(19-7-3-6-10-22(19)34-2)30-31-26(32)35-16-24(33)27-15-23-28-20-8-4-5-9-21(20)29-23/h3-14H,15-16H2,1-2H3,(H,27,33)(H,28,29). The van der Waals surface area contributed by atoms with E-state index < -0.39 is 0 Å².